The van der Waals surface area contributed by atoms with Gasteiger partial charge in [-0.05, 0) is 36.4 Å². The number of carbonyl (C=O) groups is 2. The van der Waals surface area contributed by atoms with Crippen LogP contribution in [0.3, 0.4) is 0 Å². The van der Waals surface area contributed by atoms with E-state index in [4.69, 9.17) is 19.9 Å². The summed E-state index contributed by atoms with van der Waals surface area (Å²) in [6, 6.07) is 20.8. The van der Waals surface area contributed by atoms with E-state index in [0.29, 0.717) is 22.9 Å². The van der Waals surface area contributed by atoms with Gasteiger partial charge >= 0.3 is 0 Å². The van der Waals surface area contributed by atoms with Gasteiger partial charge in [0.15, 0.2) is 12.4 Å². The van der Waals surface area contributed by atoms with Crippen LogP contribution in [0.1, 0.15) is 10.4 Å². The van der Waals surface area contributed by atoms with E-state index in [0.717, 1.165) is 0 Å². The lowest BCUT2D eigenvalue weighted by Crippen LogP contribution is -2.22. The topological polar surface area (TPSA) is 99.9 Å². The van der Waals surface area contributed by atoms with Crippen molar-refractivity contribution in [1.82, 2.24) is 0 Å². The Bertz CT molecular complexity index is 1010. The molecule has 3 aromatic carbocycles. The zero-order valence-corrected chi connectivity index (χ0v) is 15.8. The maximum Gasteiger partial charge on any atom is 0.262 e. The molecule has 0 aromatic heterocycles. The van der Waals surface area contributed by atoms with Crippen molar-refractivity contribution in [3.8, 4) is 23.0 Å². The Morgan fingerprint density at radius 1 is 0.897 bits per heavy atom. The minimum Gasteiger partial charge on any atom is -0.497 e. The molecule has 0 atom stereocenters. The van der Waals surface area contributed by atoms with Gasteiger partial charge in [0.2, 0.25) is 0 Å². The van der Waals surface area contributed by atoms with Crippen molar-refractivity contribution in [2.24, 2.45) is 5.73 Å². The number of rotatable bonds is 8. The summed E-state index contributed by atoms with van der Waals surface area (Å²) in [5.74, 6) is 0.698. The minimum absolute atomic E-state index is 0.159. The molecule has 0 aliphatic rings. The number of carbonyl (C=O) groups excluding carboxylic acids is 2. The molecule has 0 fully saturated rings. The number of benzene rings is 3. The third-order valence-electron chi connectivity index (χ3n) is 3.95. The van der Waals surface area contributed by atoms with Gasteiger partial charge in [0.25, 0.3) is 11.8 Å². The standard InChI is InChI=1S/C22H20N2O5/c1-27-16-11-12-17(22(23)26)20(13-16)28-14-21(25)24-18-9-5-6-10-19(18)29-15-7-3-2-4-8-15/h2-13H,14H2,1H3,(H2,23,26)(H,24,25). The molecule has 2 amide bonds. The summed E-state index contributed by atoms with van der Waals surface area (Å²) >= 11 is 0. The highest BCUT2D eigenvalue weighted by atomic mass is 16.5. The van der Waals surface area contributed by atoms with Gasteiger partial charge in [-0.25, -0.2) is 0 Å². The first kappa shape index (κ1) is 19.8. The van der Waals surface area contributed by atoms with Crippen molar-refractivity contribution < 1.29 is 23.8 Å². The molecule has 3 rings (SSSR count). The summed E-state index contributed by atoms with van der Waals surface area (Å²) in [5, 5.41) is 2.74. The van der Waals surface area contributed by atoms with Crippen molar-refractivity contribution in [3.63, 3.8) is 0 Å². The van der Waals surface area contributed by atoms with Crippen LogP contribution in [0.4, 0.5) is 5.69 Å². The SMILES string of the molecule is COc1ccc(C(N)=O)c(OCC(=O)Nc2ccccc2Oc2ccccc2)c1. The lowest BCUT2D eigenvalue weighted by molar-refractivity contribution is -0.118. The quantitative estimate of drug-likeness (QED) is 0.610. The molecule has 0 bridgehead atoms. The summed E-state index contributed by atoms with van der Waals surface area (Å²) < 4.78 is 16.4. The summed E-state index contributed by atoms with van der Waals surface area (Å²) in [7, 11) is 1.49. The Morgan fingerprint density at radius 3 is 2.34 bits per heavy atom. The molecule has 0 radical (unpaired) electrons. The second kappa shape index (κ2) is 9.27. The first-order valence-electron chi connectivity index (χ1n) is 8.79. The number of primary amides is 1. The minimum atomic E-state index is -0.662. The van der Waals surface area contributed by atoms with Gasteiger partial charge in [0.05, 0.1) is 18.4 Å². The summed E-state index contributed by atoms with van der Waals surface area (Å²) in [6.07, 6.45) is 0. The third-order valence-corrected chi connectivity index (χ3v) is 3.95. The smallest absolute Gasteiger partial charge is 0.262 e. The molecule has 148 valence electrons. The van der Waals surface area contributed by atoms with Gasteiger partial charge in [-0.3, -0.25) is 9.59 Å². The Hall–Kier alpha value is -4.00. The molecule has 3 N–H and O–H groups in total. The molecule has 0 spiro atoms. The number of hydrogen-bond donors (Lipinski definition) is 2. The van der Waals surface area contributed by atoms with Crippen molar-refractivity contribution in [2.45, 2.75) is 0 Å². The van der Waals surface area contributed by atoms with E-state index >= 15 is 0 Å². The fourth-order valence-corrected chi connectivity index (χ4v) is 2.56. The summed E-state index contributed by atoms with van der Waals surface area (Å²) in [6.45, 7) is -0.326. The normalized spacial score (nSPS) is 10.1. The highest BCUT2D eigenvalue weighted by Gasteiger charge is 2.14. The molecule has 0 aliphatic carbocycles. The molecular formula is C22H20N2O5. The van der Waals surface area contributed by atoms with Crippen LogP contribution in [0.2, 0.25) is 0 Å². The van der Waals surface area contributed by atoms with Gasteiger partial charge in [-0.15, -0.1) is 0 Å². The molecule has 0 unspecified atom stereocenters. The van der Waals surface area contributed by atoms with Gasteiger partial charge in [-0.2, -0.15) is 0 Å². The van der Waals surface area contributed by atoms with E-state index < -0.39 is 11.8 Å². The maximum absolute atomic E-state index is 12.4. The van der Waals surface area contributed by atoms with E-state index in [2.05, 4.69) is 5.32 Å². The van der Waals surface area contributed by atoms with Crippen LogP contribution in [-0.2, 0) is 4.79 Å². The van der Waals surface area contributed by atoms with Crippen LogP contribution in [0.5, 0.6) is 23.0 Å². The Labute approximate surface area is 168 Å². The maximum atomic E-state index is 12.4. The molecule has 0 aliphatic heterocycles. The van der Waals surface area contributed by atoms with E-state index in [9.17, 15) is 9.59 Å². The van der Waals surface area contributed by atoms with Crippen LogP contribution in [0, 0.1) is 0 Å². The van der Waals surface area contributed by atoms with Gasteiger partial charge in [-0.1, -0.05) is 30.3 Å². The number of anilines is 1. The molecule has 0 saturated carbocycles. The van der Waals surface area contributed by atoms with E-state index in [1.54, 1.807) is 30.3 Å². The second-order valence-corrected chi connectivity index (χ2v) is 5.97. The lowest BCUT2D eigenvalue weighted by Gasteiger charge is -2.14. The van der Waals surface area contributed by atoms with Crippen LogP contribution in [0.15, 0.2) is 72.8 Å². The molecule has 7 nitrogen and oxygen atoms in total. The van der Waals surface area contributed by atoms with Crippen molar-refractivity contribution in [2.75, 3.05) is 19.0 Å². The largest absolute Gasteiger partial charge is 0.497 e. The van der Waals surface area contributed by atoms with Gasteiger partial charge < -0.3 is 25.3 Å². The van der Waals surface area contributed by atoms with Gasteiger partial charge in [0, 0.05) is 6.07 Å². The van der Waals surface area contributed by atoms with E-state index in [-0.39, 0.29) is 17.9 Å². The van der Waals surface area contributed by atoms with Crippen LogP contribution in [-0.4, -0.2) is 25.5 Å². The zero-order valence-electron chi connectivity index (χ0n) is 15.8. The predicted molar refractivity (Wildman–Crippen MR) is 109 cm³/mol. The second-order valence-electron chi connectivity index (χ2n) is 5.97. The van der Waals surface area contributed by atoms with Gasteiger partial charge in [0.1, 0.15) is 17.2 Å². The number of para-hydroxylation sites is 3. The number of nitrogens with one attached hydrogen (secondary N) is 1. The number of methoxy groups -OCH3 is 1. The zero-order chi connectivity index (χ0) is 20.6. The Morgan fingerprint density at radius 2 is 1.62 bits per heavy atom. The average molecular weight is 392 g/mol. The first-order valence-corrected chi connectivity index (χ1v) is 8.79. The Balaban J connectivity index is 1.69. The monoisotopic (exact) mass is 392 g/mol. The molecule has 0 heterocycles. The first-order chi connectivity index (χ1) is 14.1. The number of amides is 2. The highest BCUT2D eigenvalue weighted by Crippen LogP contribution is 2.29. The summed E-state index contributed by atoms with van der Waals surface area (Å²) in [5.41, 5.74) is 6.00. The Kier molecular flexibility index (Phi) is 6.32. The molecule has 29 heavy (non-hydrogen) atoms. The molecule has 3 aromatic rings. The van der Waals surface area contributed by atoms with Crippen LogP contribution in [0.25, 0.3) is 0 Å². The summed E-state index contributed by atoms with van der Waals surface area (Å²) in [4.78, 5) is 23.9. The van der Waals surface area contributed by atoms with E-state index in [1.807, 2.05) is 30.3 Å². The molecule has 7 heteroatoms. The van der Waals surface area contributed by atoms with Crippen molar-refractivity contribution in [1.29, 1.82) is 0 Å². The number of hydrogen-bond acceptors (Lipinski definition) is 5. The molecular weight excluding hydrogens is 372 g/mol. The van der Waals surface area contributed by atoms with Crippen molar-refractivity contribution in [3.05, 3.63) is 78.4 Å². The number of ether oxygens (including phenoxy) is 3. The van der Waals surface area contributed by atoms with Crippen LogP contribution >= 0.6 is 0 Å². The average Bonchev–Trinajstić information content (AvgIpc) is 2.74. The number of nitrogens with two attached hydrogens (primary N) is 1. The lowest BCUT2D eigenvalue weighted by atomic mass is 10.2. The molecule has 0 saturated heterocycles. The fourth-order valence-electron chi connectivity index (χ4n) is 2.56. The third kappa shape index (κ3) is 5.26. The van der Waals surface area contributed by atoms with E-state index in [1.165, 1.54) is 19.2 Å². The highest BCUT2D eigenvalue weighted by molar-refractivity contribution is 5.96. The predicted octanol–water partition coefficient (Wildman–Crippen LogP) is 3.60. The van der Waals surface area contributed by atoms with Crippen molar-refractivity contribution >= 4 is 17.5 Å². The van der Waals surface area contributed by atoms with Crippen LogP contribution < -0.4 is 25.3 Å². The fraction of sp³-hybridized carbons (Fsp3) is 0.0909.